The maximum absolute atomic E-state index is 13.3. The summed E-state index contributed by atoms with van der Waals surface area (Å²) in [5.41, 5.74) is 0.478. The number of aliphatic hydroxyl groups is 1. The molecule has 1 spiro atoms. The van der Waals surface area contributed by atoms with Crippen LogP contribution in [0.2, 0.25) is 5.02 Å². The highest BCUT2D eigenvalue weighted by Crippen LogP contribution is 2.66. The number of nitrogens with zero attached hydrogens (tertiary/aromatic N) is 1. The zero-order valence-corrected chi connectivity index (χ0v) is 16.9. The third-order valence-corrected chi connectivity index (χ3v) is 8.35. The van der Waals surface area contributed by atoms with Crippen molar-refractivity contribution in [1.82, 2.24) is 10.2 Å². The summed E-state index contributed by atoms with van der Waals surface area (Å²) in [5.74, 6) is -1.71. The summed E-state index contributed by atoms with van der Waals surface area (Å²) < 4.78 is -0.653. The number of para-hydroxylation sites is 1. The SMILES string of the molecule is CNC(=O)[C@@H]1[C@H]2C(=O)N(CCO)C(C(=O)Nc3ccccc3Cl)C23CC[C@H]1S3. The van der Waals surface area contributed by atoms with Crippen LogP contribution in [0.15, 0.2) is 24.3 Å². The van der Waals surface area contributed by atoms with E-state index in [4.69, 9.17) is 11.6 Å². The van der Waals surface area contributed by atoms with Crippen LogP contribution < -0.4 is 10.6 Å². The van der Waals surface area contributed by atoms with Gasteiger partial charge in [-0.05, 0) is 25.0 Å². The summed E-state index contributed by atoms with van der Waals surface area (Å²) in [5, 5.41) is 15.5. The Morgan fingerprint density at radius 1 is 1.36 bits per heavy atom. The molecular weight excluding hydrogens is 402 g/mol. The van der Waals surface area contributed by atoms with E-state index in [2.05, 4.69) is 10.6 Å². The minimum absolute atomic E-state index is 0.0285. The smallest absolute Gasteiger partial charge is 0.248 e. The molecule has 1 aromatic rings. The molecule has 28 heavy (non-hydrogen) atoms. The molecule has 3 aliphatic rings. The first-order chi connectivity index (χ1) is 13.4. The molecule has 9 heteroatoms. The van der Waals surface area contributed by atoms with E-state index >= 15 is 0 Å². The standard InChI is InChI=1S/C19H22ClN3O4S/c1-21-16(25)13-12-6-7-19(28-12)14(13)18(27)23(8-9-24)15(19)17(26)22-11-5-3-2-4-10(11)20/h2-5,12-15,24H,6-9H2,1H3,(H,21,25)(H,22,26)/t12-,13+,14+,15?,19?/m1/s1. The van der Waals surface area contributed by atoms with Crippen molar-refractivity contribution in [2.45, 2.75) is 28.9 Å². The Bertz CT molecular complexity index is 837. The van der Waals surface area contributed by atoms with Crippen molar-refractivity contribution in [2.24, 2.45) is 11.8 Å². The number of hydrogen-bond acceptors (Lipinski definition) is 5. The fraction of sp³-hybridized carbons (Fsp3) is 0.526. The number of carbonyl (C=O) groups excluding carboxylic acids is 3. The summed E-state index contributed by atoms with van der Waals surface area (Å²) in [4.78, 5) is 40.5. The highest BCUT2D eigenvalue weighted by atomic mass is 35.5. The van der Waals surface area contributed by atoms with Crippen LogP contribution in [0.3, 0.4) is 0 Å². The van der Waals surface area contributed by atoms with Gasteiger partial charge in [-0.15, -0.1) is 11.8 Å². The van der Waals surface area contributed by atoms with Crippen molar-refractivity contribution in [1.29, 1.82) is 0 Å². The average molecular weight is 424 g/mol. The Morgan fingerprint density at radius 2 is 2.11 bits per heavy atom. The summed E-state index contributed by atoms with van der Waals surface area (Å²) in [6.45, 7) is -0.188. The first-order valence-electron chi connectivity index (χ1n) is 9.30. The number of hydrogen-bond donors (Lipinski definition) is 3. The molecule has 0 radical (unpaired) electrons. The Hall–Kier alpha value is -1.77. The predicted octanol–water partition coefficient (Wildman–Crippen LogP) is 1.11. The first-order valence-corrected chi connectivity index (χ1v) is 10.6. The lowest BCUT2D eigenvalue weighted by molar-refractivity contribution is -0.139. The number of amides is 3. The number of anilines is 1. The Balaban J connectivity index is 1.71. The molecule has 3 saturated heterocycles. The summed E-state index contributed by atoms with van der Waals surface area (Å²) in [6, 6.07) is 6.17. The molecule has 3 aliphatic heterocycles. The third kappa shape index (κ3) is 2.73. The number of carbonyl (C=O) groups is 3. The molecule has 3 heterocycles. The van der Waals surface area contributed by atoms with E-state index in [1.165, 1.54) is 4.90 Å². The van der Waals surface area contributed by atoms with Crippen molar-refractivity contribution < 1.29 is 19.5 Å². The van der Waals surface area contributed by atoms with Crippen LogP contribution >= 0.6 is 23.4 Å². The zero-order chi connectivity index (χ0) is 20.1. The molecular formula is C19H22ClN3O4S. The molecule has 3 N–H and O–H groups in total. The van der Waals surface area contributed by atoms with E-state index in [0.717, 1.165) is 6.42 Å². The predicted molar refractivity (Wildman–Crippen MR) is 107 cm³/mol. The van der Waals surface area contributed by atoms with Gasteiger partial charge < -0.3 is 20.6 Å². The van der Waals surface area contributed by atoms with E-state index in [-0.39, 0.29) is 36.1 Å². The number of fused-ring (bicyclic) bond motifs is 1. The molecule has 5 atom stereocenters. The van der Waals surface area contributed by atoms with Gasteiger partial charge in [0.1, 0.15) is 6.04 Å². The van der Waals surface area contributed by atoms with E-state index in [1.54, 1.807) is 43.1 Å². The number of halogens is 1. The number of thioether (sulfide) groups is 1. The lowest BCUT2D eigenvalue weighted by Crippen LogP contribution is -2.52. The maximum Gasteiger partial charge on any atom is 0.248 e. The van der Waals surface area contributed by atoms with Crippen LogP contribution in [-0.4, -0.2) is 64.0 Å². The number of β-amino-alcohol motifs (C(OH)–C–C–N with tert-alkyl or cyclic N) is 1. The molecule has 0 aromatic heterocycles. The molecule has 150 valence electrons. The second-order valence-electron chi connectivity index (χ2n) is 7.39. The fourth-order valence-electron chi connectivity index (χ4n) is 5.03. The van der Waals surface area contributed by atoms with Gasteiger partial charge in [0.25, 0.3) is 0 Å². The van der Waals surface area contributed by atoms with Gasteiger partial charge in [0.05, 0.1) is 33.9 Å². The van der Waals surface area contributed by atoms with Gasteiger partial charge in [-0.3, -0.25) is 14.4 Å². The zero-order valence-electron chi connectivity index (χ0n) is 15.4. The monoisotopic (exact) mass is 423 g/mol. The van der Waals surface area contributed by atoms with Crippen molar-refractivity contribution in [3.05, 3.63) is 29.3 Å². The molecule has 3 fully saturated rings. The van der Waals surface area contributed by atoms with Crippen molar-refractivity contribution in [3.63, 3.8) is 0 Å². The second-order valence-corrected chi connectivity index (χ2v) is 9.40. The van der Waals surface area contributed by atoms with Gasteiger partial charge >= 0.3 is 0 Å². The van der Waals surface area contributed by atoms with Crippen LogP contribution in [0.4, 0.5) is 5.69 Å². The van der Waals surface area contributed by atoms with Crippen LogP contribution in [0.5, 0.6) is 0 Å². The number of rotatable bonds is 5. The largest absolute Gasteiger partial charge is 0.395 e. The fourth-order valence-corrected chi connectivity index (χ4v) is 7.43. The van der Waals surface area contributed by atoms with Gasteiger partial charge in [-0.2, -0.15) is 0 Å². The van der Waals surface area contributed by atoms with E-state index < -0.39 is 22.6 Å². The molecule has 3 amide bonds. The molecule has 1 aromatic carbocycles. The summed E-state index contributed by atoms with van der Waals surface area (Å²) in [6.07, 6.45) is 1.48. The van der Waals surface area contributed by atoms with E-state index in [9.17, 15) is 19.5 Å². The number of benzene rings is 1. The topological polar surface area (TPSA) is 98.7 Å². The maximum atomic E-state index is 13.3. The summed E-state index contributed by atoms with van der Waals surface area (Å²) >= 11 is 7.77. The molecule has 4 rings (SSSR count). The van der Waals surface area contributed by atoms with E-state index in [1.807, 2.05) is 0 Å². The van der Waals surface area contributed by atoms with Crippen molar-refractivity contribution in [3.8, 4) is 0 Å². The van der Waals surface area contributed by atoms with Gasteiger partial charge in [0.2, 0.25) is 17.7 Å². The van der Waals surface area contributed by atoms with Gasteiger partial charge in [0.15, 0.2) is 0 Å². The minimum atomic E-state index is -0.752. The van der Waals surface area contributed by atoms with Gasteiger partial charge in [-0.1, -0.05) is 23.7 Å². The third-order valence-electron chi connectivity index (χ3n) is 6.07. The molecule has 0 aliphatic carbocycles. The van der Waals surface area contributed by atoms with Crippen molar-refractivity contribution in [2.75, 3.05) is 25.5 Å². The number of aliphatic hydroxyl groups excluding tert-OH is 1. The first kappa shape index (κ1) is 19.5. The molecule has 2 bridgehead atoms. The quantitative estimate of drug-likeness (QED) is 0.659. The molecule has 0 saturated carbocycles. The molecule has 7 nitrogen and oxygen atoms in total. The highest BCUT2D eigenvalue weighted by Gasteiger charge is 2.73. The van der Waals surface area contributed by atoms with Crippen LogP contribution in [0, 0.1) is 11.8 Å². The lowest BCUT2D eigenvalue weighted by Gasteiger charge is -2.34. The lowest BCUT2D eigenvalue weighted by atomic mass is 9.71. The highest BCUT2D eigenvalue weighted by molar-refractivity contribution is 8.02. The van der Waals surface area contributed by atoms with Crippen LogP contribution in [-0.2, 0) is 14.4 Å². The Morgan fingerprint density at radius 3 is 2.79 bits per heavy atom. The second kappa shape index (κ2) is 7.24. The van der Waals surface area contributed by atoms with Crippen molar-refractivity contribution >= 4 is 46.8 Å². The number of likely N-dealkylation sites (tertiary alicyclic amines) is 1. The Kier molecular flexibility index (Phi) is 5.05. The summed E-state index contributed by atoms with van der Waals surface area (Å²) in [7, 11) is 1.57. The van der Waals surface area contributed by atoms with Gasteiger partial charge in [0, 0.05) is 18.8 Å². The Labute approximate surface area is 172 Å². The van der Waals surface area contributed by atoms with Crippen LogP contribution in [0.25, 0.3) is 0 Å². The number of nitrogens with one attached hydrogen (secondary N) is 2. The average Bonchev–Trinajstić information content (AvgIpc) is 3.31. The van der Waals surface area contributed by atoms with Gasteiger partial charge in [-0.25, -0.2) is 0 Å². The van der Waals surface area contributed by atoms with E-state index in [0.29, 0.717) is 17.1 Å². The molecule has 2 unspecified atom stereocenters. The van der Waals surface area contributed by atoms with Crippen LogP contribution in [0.1, 0.15) is 12.8 Å². The minimum Gasteiger partial charge on any atom is -0.395 e. The normalized spacial score (nSPS) is 33.1.